The molecular weight excluding hydrogens is 444 g/mol. The van der Waals surface area contributed by atoms with Gasteiger partial charge >= 0.3 is 0 Å². The summed E-state index contributed by atoms with van der Waals surface area (Å²) in [6, 6.07) is 12.9. The van der Waals surface area contributed by atoms with Gasteiger partial charge in [0.05, 0.1) is 14.4 Å². The van der Waals surface area contributed by atoms with E-state index < -0.39 is 0 Å². The summed E-state index contributed by atoms with van der Waals surface area (Å²) in [5.41, 5.74) is 3.82. The molecular formula is C16H14Br2N2S2. The summed E-state index contributed by atoms with van der Waals surface area (Å²) in [4.78, 5) is 8.42. The van der Waals surface area contributed by atoms with Gasteiger partial charge in [-0.2, -0.15) is 0 Å². The monoisotopic (exact) mass is 456 g/mol. The van der Waals surface area contributed by atoms with Crippen molar-refractivity contribution < 1.29 is 0 Å². The summed E-state index contributed by atoms with van der Waals surface area (Å²) < 4.78 is 1.15. The van der Waals surface area contributed by atoms with Gasteiger partial charge in [0.1, 0.15) is 0 Å². The van der Waals surface area contributed by atoms with Crippen LogP contribution in [0.3, 0.4) is 0 Å². The number of halogens is 2. The highest BCUT2D eigenvalue weighted by Crippen LogP contribution is 2.38. The van der Waals surface area contributed by atoms with Crippen LogP contribution >= 0.6 is 55.6 Å². The van der Waals surface area contributed by atoms with Crippen LogP contribution in [-0.2, 0) is 6.42 Å². The first-order chi connectivity index (χ1) is 10.3. The number of aromatic nitrogens is 1. The van der Waals surface area contributed by atoms with Crippen molar-refractivity contribution in [3.8, 4) is 10.6 Å². The van der Waals surface area contributed by atoms with Gasteiger partial charge in [0.15, 0.2) is 5.13 Å². The van der Waals surface area contributed by atoms with Crippen molar-refractivity contribution in [1.82, 2.24) is 4.98 Å². The molecule has 3 heterocycles. The maximum atomic E-state index is 4.85. The molecule has 0 atom stereocenters. The van der Waals surface area contributed by atoms with E-state index in [1.165, 1.54) is 29.0 Å². The predicted octanol–water partition coefficient (Wildman–Crippen LogP) is 6.30. The predicted molar refractivity (Wildman–Crippen MR) is 105 cm³/mol. The van der Waals surface area contributed by atoms with Gasteiger partial charge in [-0.25, -0.2) is 4.98 Å². The van der Waals surface area contributed by atoms with Crippen molar-refractivity contribution in [2.75, 3.05) is 11.4 Å². The number of hydrogen-bond acceptors (Lipinski definition) is 4. The fourth-order valence-electron chi connectivity index (χ4n) is 2.69. The van der Waals surface area contributed by atoms with Gasteiger partial charge in [0.25, 0.3) is 0 Å². The lowest BCUT2D eigenvalue weighted by atomic mass is 10.0. The number of anilines is 2. The van der Waals surface area contributed by atoms with E-state index in [4.69, 9.17) is 4.98 Å². The van der Waals surface area contributed by atoms with Crippen molar-refractivity contribution in [2.24, 2.45) is 0 Å². The molecule has 114 valence electrons. The number of aryl methyl sites for hydroxylation is 1. The van der Waals surface area contributed by atoms with Crippen molar-refractivity contribution in [1.29, 1.82) is 0 Å². The molecule has 0 saturated carbocycles. The molecule has 0 spiro atoms. The van der Waals surface area contributed by atoms with Crippen LogP contribution in [0.1, 0.15) is 12.0 Å². The largest absolute Gasteiger partial charge is 0.318 e. The molecule has 0 saturated heterocycles. The second kappa shape index (κ2) is 6.83. The number of rotatable bonds is 2. The van der Waals surface area contributed by atoms with Crippen LogP contribution in [0.5, 0.6) is 0 Å². The molecule has 22 heavy (non-hydrogen) atoms. The number of para-hydroxylation sites is 1. The molecule has 2 aromatic heterocycles. The maximum Gasteiger partial charge on any atom is 0.190 e. The van der Waals surface area contributed by atoms with E-state index >= 15 is 0 Å². The van der Waals surface area contributed by atoms with Crippen molar-refractivity contribution >= 4 is 66.4 Å². The third-order valence-electron chi connectivity index (χ3n) is 3.66. The molecule has 0 bridgehead atoms. The second-order valence-electron chi connectivity index (χ2n) is 5.00. The number of nitrogens with zero attached hydrogens (tertiary/aromatic N) is 2. The summed E-state index contributed by atoms with van der Waals surface area (Å²) in [5.74, 6) is 0. The zero-order valence-electron chi connectivity index (χ0n) is 11.7. The lowest BCUT2D eigenvalue weighted by Crippen LogP contribution is -2.24. The Morgan fingerprint density at radius 1 is 1.14 bits per heavy atom. The number of thiophene rings is 1. The highest BCUT2D eigenvalue weighted by Gasteiger charge is 2.20. The van der Waals surface area contributed by atoms with Gasteiger partial charge in [-0.1, -0.05) is 18.2 Å². The molecule has 1 aromatic carbocycles. The lowest BCUT2D eigenvalue weighted by Gasteiger charge is -2.28. The summed E-state index contributed by atoms with van der Waals surface area (Å²) in [6.45, 7) is 1.05. The number of thiazole rings is 1. The van der Waals surface area contributed by atoms with Gasteiger partial charge in [0.2, 0.25) is 0 Å². The SMILES string of the molecule is Br.Brc1ccc(-c2csc(N3CCCc4ccccc43)n2)s1. The molecule has 0 radical (unpaired) electrons. The van der Waals surface area contributed by atoms with Crippen LogP contribution in [-0.4, -0.2) is 11.5 Å². The number of fused-ring (bicyclic) bond motifs is 1. The van der Waals surface area contributed by atoms with E-state index in [2.05, 4.69) is 62.6 Å². The standard InChI is InChI=1S/C16H13BrN2S2.BrH/c17-15-8-7-14(21-15)12-10-20-16(18-12)19-9-3-5-11-4-1-2-6-13(11)19;/h1-2,4,6-8,10H,3,5,9H2;1H. The van der Waals surface area contributed by atoms with E-state index in [-0.39, 0.29) is 17.0 Å². The van der Waals surface area contributed by atoms with E-state index in [1.54, 1.807) is 22.7 Å². The molecule has 6 heteroatoms. The fourth-order valence-corrected chi connectivity index (χ4v) is 4.97. The summed E-state index contributed by atoms with van der Waals surface area (Å²) >= 11 is 6.98. The van der Waals surface area contributed by atoms with E-state index in [1.807, 2.05) is 0 Å². The van der Waals surface area contributed by atoms with Gasteiger partial charge < -0.3 is 4.90 Å². The third-order valence-corrected chi connectivity index (χ3v) is 6.17. The summed E-state index contributed by atoms with van der Waals surface area (Å²) in [5, 5.41) is 3.26. The highest BCUT2D eigenvalue weighted by atomic mass is 79.9. The van der Waals surface area contributed by atoms with Crippen LogP contribution in [0.2, 0.25) is 0 Å². The smallest absolute Gasteiger partial charge is 0.190 e. The third kappa shape index (κ3) is 3.02. The maximum absolute atomic E-state index is 4.85. The molecule has 1 aliphatic rings. The normalized spacial score (nSPS) is 13.6. The molecule has 0 fully saturated rings. The van der Waals surface area contributed by atoms with Gasteiger partial charge in [-0.15, -0.1) is 39.7 Å². The average molecular weight is 458 g/mol. The minimum atomic E-state index is 0. The Hall–Kier alpha value is -0.690. The van der Waals surface area contributed by atoms with Crippen molar-refractivity contribution in [3.63, 3.8) is 0 Å². The molecule has 1 aliphatic heterocycles. The molecule has 2 nitrogen and oxygen atoms in total. The van der Waals surface area contributed by atoms with Gasteiger partial charge in [-0.05, 0) is 52.5 Å². The molecule has 3 aromatic rings. The molecule has 0 unspecified atom stereocenters. The lowest BCUT2D eigenvalue weighted by molar-refractivity contribution is 0.765. The van der Waals surface area contributed by atoms with Crippen molar-refractivity contribution in [2.45, 2.75) is 12.8 Å². The second-order valence-corrected chi connectivity index (χ2v) is 8.30. The minimum Gasteiger partial charge on any atom is -0.318 e. The van der Waals surface area contributed by atoms with Gasteiger partial charge in [-0.3, -0.25) is 0 Å². The topological polar surface area (TPSA) is 16.1 Å². The average Bonchev–Trinajstić information content (AvgIpc) is 3.15. The quantitative estimate of drug-likeness (QED) is 0.449. The van der Waals surface area contributed by atoms with E-state index in [0.29, 0.717) is 0 Å². The minimum absolute atomic E-state index is 0. The first-order valence-electron chi connectivity index (χ1n) is 6.88. The molecule has 0 aliphatic carbocycles. The Kier molecular flexibility index (Phi) is 5.02. The highest BCUT2D eigenvalue weighted by molar-refractivity contribution is 9.11. The Morgan fingerprint density at radius 2 is 2.00 bits per heavy atom. The van der Waals surface area contributed by atoms with Crippen LogP contribution < -0.4 is 4.90 Å². The molecule has 0 amide bonds. The van der Waals surface area contributed by atoms with Crippen molar-refractivity contribution in [3.05, 3.63) is 51.1 Å². The first-order valence-corrected chi connectivity index (χ1v) is 9.37. The number of benzene rings is 1. The Labute approximate surface area is 156 Å². The summed E-state index contributed by atoms with van der Waals surface area (Å²) in [7, 11) is 0. The van der Waals surface area contributed by atoms with Crippen LogP contribution in [0.25, 0.3) is 10.6 Å². The van der Waals surface area contributed by atoms with E-state index in [0.717, 1.165) is 21.2 Å². The zero-order valence-corrected chi connectivity index (χ0v) is 16.6. The Bertz CT molecular complexity index is 782. The van der Waals surface area contributed by atoms with E-state index in [9.17, 15) is 0 Å². The Balaban J connectivity index is 0.00000144. The molecule has 4 rings (SSSR count). The zero-order chi connectivity index (χ0) is 14.2. The molecule has 0 N–H and O–H groups in total. The first kappa shape index (κ1) is 16.2. The Morgan fingerprint density at radius 3 is 2.82 bits per heavy atom. The summed E-state index contributed by atoms with van der Waals surface area (Å²) in [6.07, 6.45) is 2.36. The fraction of sp³-hybridized carbons (Fsp3) is 0.188. The van der Waals surface area contributed by atoms with Crippen LogP contribution in [0.4, 0.5) is 10.8 Å². The van der Waals surface area contributed by atoms with Gasteiger partial charge in [0, 0.05) is 17.6 Å². The van der Waals surface area contributed by atoms with Crippen LogP contribution in [0, 0.1) is 0 Å². The number of hydrogen-bond donors (Lipinski definition) is 0. The van der Waals surface area contributed by atoms with Crippen LogP contribution in [0.15, 0.2) is 45.6 Å².